The smallest absolute Gasteiger partial charge is 0.298 e. The summed E-state index contributed by atoms with van der Waals surface area (Å²) in [6.45, 7) is 0. The molecule has 3 rings (SSSR count). The highest BCUT2D eigenvalue weighted by Gasteiger charge is 2.31. The number of carbonyl (C=O) groups is 2. The second kappa shape index (κ2) is 7.35. The fourth-order valence-electron chi connectivity index (χ4n) is 2.60. The molecule has 1 aromatic carbocycles. The maximum atomic E-state index is 12.2. The zero-order valence-corrected chi connectivity index (χ0v) is 15.1. The molecule has 0 spiro atoms. The molecule has 2 amide bonds. The molecule has 26 heavy (non-hydrogen) atoms. The van der Waals surface area contributed by atoms with Gasteiger partial charge in [0.1, 0.15) is 5.82 Å². The molecule has 0 fully saturated rings. The second-order valence-corrected chi connectivity index (χ2v) is 6.49. The molecule has 0 radical (unpaired) electrons. The number of carbonyl (C=O) groups excluding carboxylic acids is 2. The zero-order chi connectivity index (χ0) is 18.8. The van der Waals surface area contributed by atoms with Crippen LogP contribution in [0.25, 0.3) is 0 Å². The van der Waals surface area contributed by atoms with Crippen LogP contribution in [0.2, 0.25) is 10.0 Å². The number of hydrogen-bond donors (Lipinski definition) is 3. The highest BCUT2D eigenvalue weighted by atomic mass is 35.5. The minimum Gasteiger partial charge on any atom is -0.468 e. The van der Waals surface area contributed by atoms with Gasteiger partial charge < -0.3 is 15.4 Å². The van der Waals surface area contributed by atoms with Crippen molar-refractivity contribution in [1.29, 1.82) is 0 Å². The molecule has 1 atom stereocenters. The van der Waals surface area contributed by atoms with Crippen molar-refractivity contribution in [3.63, 3.8) is 0 Å². The van der Waals surface area contributed by atoms with Gasteiger partial charge in [-0.1, -0.05) is 23.2 Å². The van der Waals surface area contributed by atoms with Crippen molar-refractivity contribution in [2.75, 3.05) is 17.7 Å². The standard InChI is InChI=1S/C16H14Cl2N4O4/c1-26-16-21-13-9(15(25)22-16)4-7(14(24)20-13)5-12(23)19-8-2-3-10(17)11(18)6-8/h2-3,6-7H,4-5H2,1H3,(H,19,23)(H2,20,21,22,24,25). The molecule has 3 N–H and O–H groups in total. The quantitative estimate of drug-likeness (QED) is 0.732. The number of hydrogen-bond acceptors (Lipinski definition) is 5. The predicted octanol–water partition coefficient (Wildman–Crippen LogP) is 2.22. The summed E-state index contributed by atoms with van der Waals surface area (Å²) in [5.74, 6) is -1.31. The highest BCUT2D eigenvalue weighted by Crippen LogP contribution is 2.27. The summed E-state index contributed by atoms with van der Waals surface area (Å²) < 4.78 is 4.87. The van der Waals surface area contributed by atoms with E-state index in [-0.39, 0.29) is 36.5 Å². The Morgan fingerprint density at radius 2 is 2.12 bits per heavy atom. The molecule has 1 aliphatic rings. The predicted molar refractivity (Wildman–Crippen MR) is 96.9 cm³/mol. The Hall–Kier alpha value is -2.58. The largest absolute Gasteiger partial charge is 0.468 e. The number of anilines is 2. The van der Waals surface area contributed by atoms with Gasteiger partial charge in [0.05, 0.1) is 28.6 Å². The first-order valence-corrected chi connectivity index (χ1v) is 8.36. The summed E-state index contributed by atoms with van der Waals surface area (Å²) in [4.78, 5) is 43.0. The summed E-state index contributed by atoms with van der Waals surface area (Å²) in [5, 5.41) is 5.87. The fraction of sp³-hybridized carbons (Fsp3) is 0.250. The van der Waals surface area contributed by atoms with E-state index in [0.717, 1.165) is 0 Å². The van der Waals surface area contributed by atoms with Gasteiger partial charge in [-0.25, -0.2) is 0 Å². The Morgan fingerprint density at radius 1 is 1.35 bits per heavy atom. The van der Waals surface area contributed by atoms with Gasteiger partial charge in [-0.3, -0.25) is 19.4 Å². The molecule has 1 aliphatic heterocycles. The van der Waals surface area contributed by atoms with E-state index in [0.29, 0.717) is 21.3 Å². The number of amides is 2. The maximum Gasteiger partial charge on any atom is 0.298 e. The third kappa shape index (κ3) is 3.81. The number of aromatic amines is 1. The fourth-order valence-corrected chi connectivity index (χ4v) is 2.90. The number of nitrogens with one attached hydrogen (secondary N) is 3. The lowest BCUT2D eigenvalue weighted by molar-refractivity contribution is -0.125. The van der Waals surface area contributed by atoms with Crippen molar-refractivity contribution in [1.82, 2.24) is 9.97 Å². The van der Waals surface area contributed by atoms with Crippen LogP contribution in [-0.4, -0.2) is 28.9 Å². The molecule has 0 saturated carbocycles. The van der Waals surface area contributed by atoms with Crippen LogP contribution in [0.15, 0.2) is 23.0 Å². The molecule has 0 bridgehead atoms. The molecule has 2 aromatic rings. The second-order valence-electron chi connectivity index (χ2n) is 5.67. The van der Waals surface area contributed by atoms with Crippen LogP contribution in [-0.2, 0) is 16.0 Å². The molecule has 2 heterocycles. The van der Waals surface area contributed by atoms with E-state index < -0.39 is 11.5 Å². The Kier molecular flexibility index (Phi) is 5.15. The van der Waals surface area contributed by atoms with Gasteiger partial charge in [0.15, 0.2) is 0 Å². The molecule has 1 aromatic heterocycles. The summed E-state index contributed by atoms with van der Waals surface area (Å²) in [5.41, 5.74) is 0.352. The summed E-state index contributed by atoms with van der Waals surface area (Å²) >= 11 is 11.7. The van der Waals surface area contributed by atoms with Crippen molar-refractivity contribution < 1.29 is 14.3 Å². The van der Waals surface area contributed by atoms with Crippen LogP contribution >= 0.6 is 23.2 Å². The van der Waals surface area contributed by atoms with Crippen molar-refractivity contribution >= 4 is 46.5 Å². The molecule has 0 aliphatic carbocycles. The van der Waals surface area contributed by atoms with Crippen molar-refractivity contribution in [2.45, 2.75) is 12.8 Å². The number of methoxy groups -OCH3 is 1. The van der Waals surface area contributed by atoms with E-state index in [9.17, 15) is 14.4 Å². The Morgan fingerprint density at radius 3 is 2.81 bits per heavy atom. The minimum atomic E-state index is -0.693. The number of fused-ring (bicyclic) bond motifs is 1. The van der Waals surface area contributed by atoms with E-state index in [2.05, 4.69) is 20.6 Å². The number of ether oxygens (including phenoxy) is 1. The molecular formula is C16H14Cl2N4O4. The molecule has 1 unspecified atom stereocenters. The lowest BCUT2D eigenvalue weighted by atomic mass is 9.92. The molecular weight excluding hydrogens is 383 g/mol. The van der Waals surface area contributed by atoms with E-state index >= 15 is 0 Å². The molecule has 10 heteroatoms. The third-order valence-electron chi connectivity index (χ3n) is 3.89. The van der Waals surface area contributed by atoms with E-state index in [1.54, 1.807) is 12.1 Å². The van der Waals surface area contributed by atoms with Crippen LogP contribution in [0, 0.1) is 5.92 Å². The van der Waals surface area contributed by atoms with Gasteiger partial charge >= 0.3 is 0 Å². The van der Waals surface area contributed by atoms with Gasteiger partial charge in [-0.05, 0) is 24.6 Å². The average Bonchev–Trinajstić information content (AvgIpc) is 2.59. The van der Waals surface area contributed by atoms with Crippen molar-refractivity contribution in [3.05, 3.63) is 44.2 Å². The normalized spacial score (nSPS) is 15.8. The van der Waals surface area contributed by atoms with Gasteiger partial charge in [0.2, 0.25) is 11.8 Å². The SMILES string of the molecule is COc1nc2c(c(=O)[nH]1)CC(CC(=O)Nc1ccc(Cl)c(Cl)c1)C(=O)N2. The van der Waals surface area contributed by atoms with Crippen molar-refractivity contribution in [2.24, 2.45) is 5.92 Å². The number of nitrogens with zero attached hydrogens (tertiary/aromatic N) is 1. The first-order chi connectivity index (χ1) is 12.4. The first-order valence-electron chi connectivity index (χ1n) is 7.60. The van der Waals surface area contributed by atoms with Crippen LogP contribution in [0.5, 0.6) is 6.01 Å². The third-order valence-corrected chi connectivity index (χ3v) is 4.62. The number of rotatable bonds is 4. The number of H-pyrrole nitrogens is 1. The van der Waals surface area contributed by atoms with Crippen LogP contribution in [0.1, 0.15) is 12.0 Å². The highest BCUT2D eigenvalue weighted by molar-refractivity contribution is 6.42. The van der Waals surface area contributed by atoms with Crippen LogP contribution < -0.4 is 20.9 Å². The Balaban J connectivity index is 1.72. The van der Waals surface area contributed by atoms with Crippen molar-refractivity contribution in [3.8, 4) is 6.01 Å². The number of halogens is 2. The maximum absolute atomic E-state index is 12.2. The summed E-state index contributed by atoms with van der Waals surface area (Å²) in [7, 11) is 1.35. The Bertz CT molecular complexity index is 944. The monoisotopic (exact) mass is 396 g/mol. The zero-order valence-electron chi connectivity index (χ0n) is 13.6. The lowest BCUT2D eigenvalue weighted by Crippen LogP contribution is -2.36. The van der Waals surface area contributed by atoms with Crippen LogP contribution in [0.3, 0.4) is 0 Å². The Labute approximate surface area is 157 Å². The van der Waals surface area contributed by atoms with Gasteiger partial charge in [0.25, 0.3) is 11.6 Å². The molecule has 136 valence electrons. The summed E-state index contributed by atoms with van der Waals surface area (Å²) in [6.07, 6.45) is -0.000718. The van der Waals surface area contributed by atoms with Gasteiger partial charge in [0, 0.05) is 12.1 Å². The van der Waals surface area contributed by atoms with Gasteiger partial charge in [-0.2, -0.15) is 4.98 Å². The van der Waals surface area contributed by atoms with E-state index in [1.807, 2.05) is 0 Å². The van der Waals surface area contributed by atoms with E-state index in [4.69, 9.17) is 27.9 Å². The van der Waals surface area contributed by atoms with E-state index in [1.165, 1.54) is 13.2 Å². The number of aromatic nitrogens is 2. The number of benzene rings is 1. The molecule has 0 saturated heterocycles. The van der Waals surface area contributed by atoms with Gasteiger partial charge in [-0.15, -0.1) is 0 Å². The first kappa shape index (κ1) is 18.2. The topological polar surface area (TPSA) is 113 Å². The molecule has 8 nitrogen and oxygen atoms in total. The summed E-state index contributed by atoms with van der Waals surface area (Å²) in [6, 6.07) is 4.67. The van der Waals surface area contributed by atoms with Crippen LogP contribution in [0.4, 0.5) is 11.5 Å². The lowest BCUT2D eigenvalue weighted by Gasteiger charge is -2.22. The average molecular weight is 397 g/mol. The minimum absolute atomic E-state index is 0.00450.